The molecule has 0 unspecified atom stereocenters. The number of nitrogens with one attached hydrogen (secondary N) is 1. The predicted octanol–water partition coefficient (Wildman–Crippen LogP) is 3.99. The maximum absolute atomic E-state index is 12.8. The maximum Gasteiger partial charge on any atom is 0.404 e. The number of pyridine rings is 2. The van der Waals surface area contributed by atoms with Gasteiger partial charge in [-0.15, -0.1) is 0 Å². The van der Waals surface area contributed by atoms with Crippen LogP contribution >= 0.6 is 0 Å². The van der Waals surface area contributed by atoms with Gasteiger partial charge in [-0.05, 0) is 44.4 Å². The number of alkyl halides is 3. The monoisotopic (exact) mass is 492 g/mol. The summed E-state index contributed by atoms with van der Waals surface area (Å²) < 4.78 is 66.9. The Morgan fingerprint density at radius 1 is 1.24 bits per heavy atom. The Morgan fingerprint density at radius 2 is 1.94 bits per heavy atom. The van der Waals surface area contributed by atoms with Crippen molar-refractivity contribution >= 4 is 26.7 Å². The van der Waals surface area contributed by atoms with E-state index in [-0.39, 0.29) is 6.04 Å². The standard InChI is InChI=1S/C22H23F3N6O2S/c1-13(22(23,24)25)29-34(32,33)16-7-8-19(27-12-16)20-18(10-26)17-9-15(30(2)3)11-28-21(17)31(20)14-5-4-6-14/h7-9,11-14,29H,4-6H2,1-3H3/t13-/m0/s1. The summed E-state index contributed by atoms with van der Waals surface area (Å²) in [5.74, 6) is 0. The van der Waals surface area contributed by atoms with E-state index in [4.69, 9.17) is 0 Å². The van der Waals surface area contributed by atoms with E-state index in [0.29, 0.717) is 28.0 Å². The van der Waals surface area contributed by atoms with Gasteiger partial charge in [0.2, 0.25) is 10.0 Å². The van der Waals surface area contributed by atoms with E-state index >= 15 is 0 Å². The molecule has 0 bridgehead atoms. The number of nitriles is 1. The van der Waals surface area contributed by atoms with Crippen LogP contribution in [0.5, 0.6) is 0 Å². The van der Waals surface area contributed by atoms with Crippen LogP contribution in [0.1, 0.15) is 37.8 Å². The highest BCUT2D eigenvalue weighted by Gasteiger charge is 2.39. The van der Waals surface area contributed by atoms with Gasteiger partial charge in [-0.1, -0.05) is 0 Å². The lowest BCUT2D eigenvalue weighted by atomic mass is 9.92. The van der Waals surface area contributed by atoms with Gasteiger partial charge in [0.05, 0.1) is 28.8 Å². The highest BCUT2D eigenvalue weighted by Crippen LogP contribution is 2.42. The van der Waals surface area contributed by atoms with Crippen LogP contribution in [0.25, 0.3) is 22.4 Å². The minimum atomic E-state index is -4.72. The van der Waals surface area contributed by atoms with Crippen molar-refractivity contribution in [1.29, 1.82) is 5.26 Å². The normalized spacial score (nSPS) is 15.7. The van der Waals surface area contributed by atoms with Crippen molar-refractivity contribution in [2.75, 3.05) is 19.0 Å². The summed E-state index contributed by atoms with van der Waals surface area (Å²) in [6, 6.07) is 4.59. The Balaban J connectivity index is 1.81. The largest absolute Gasteiger partial charge is 0.404 e. The molecule has 12 heteroatoms. The molecule has 1 aliphatic rings. The molecule has 180 valence electrons. The quantitative estimate of drug-likeness (QED) is 0.558. The summed E-state index contributed by atoms with van der Waals surface area (Å²) in [7, 11) is -0.703. The van der Waals surface area contributed by atoms with E-state index in [1.54, 1.807) is 10.9 Å². The molecule has 1 N–H and O–H groups in total. The van der Waals surface area contributed by atoms with Crippen molar-refractivity contribution in [1.82, 2.24) is 19.3 Å². The van der Waals surface area contributed by atoms with E-state index in [0.717, 1.165) is 38.1 Å². The molecule has 1 aliphatic carbocycles. The molecular formula is C22H23F3N6O2S. The van der Waals surface area contributed by atoms with Gasteiger partial charge in [-0.2, -0.15) is 23.2 Å². The highest BCUT2D eigenvalue weighted by molar-refractivity contribution is 7.89. The van der Waals surface area contributed by atoms with Crippen LogP contribution in [0.2, 0.25) is 0 Å². The lowest BCUT2D eigenvalue weighted by molar-refractivity contribution is -0.147. The molecule has 3 aromatic heterocycles. The van der Waals surface area contributed by atoms with Crippen LogP contribution in [0.4, 0.5) is 18.9 Å². The Bertz CT molecular complexity index is 1370. The Hall–Kier alpha value is -3.17. The topological polar surface area (TPSA) is 104 Å². The molecule has 0 aliphatic heterocycles. The number of hydrogen-bond acceptors (Lipinski definition) is 6. The minimum absolute atomic E-state index is 0.122. The first-order chi connectivity index (χ1) is 15.9. The average molecular weight is 493 g/mol. The molecule has 1 atom stereocenters. The Kier molecular flexibility index (Phi) is 6.03. The first-order valence-electron chi connectivity index (χ1n) is 10.6. The van der Waals surface area contributed by atoms with E-state index in [9.17, 15) is 26.9 Å². The number of hydrogen-bond donors (Lipinski definition) is 1. The number of rotatable bonds is 6. The average Bonchev–Trinajstić information content (AvgIpc) is 3.05. The number of fused-ring (bicyclic) bond motifs is 1. The summed E-state index contributed by atoms with van der Waals surface area (Å²) in [6.07, 6.45) is 0.858. The number of sulfonamides is 1. The molecule has 3 aromatic rings. The van der Waals surface area contributed by atoms with Gasteiger partial charge in [-0.3, -0.25) is 4.98 Å². The predicted molar refractivity (Wildman–Crippen MR) is 121 cm³/mol. The van der Waals surface area contributed by atoms with Gasteiger partial charge < -0.3 is 9.47 Å². The van der Waals surface area contributed by atoms with Crippen molar-refractivity contribution in [2.24, 2.45) is 0 Å². The van der Waals surface area contributed by atoms with Crippen LogP contribution in [0, 0.1) is 11.3 Å². The molecular weight excluding hydrogens is 469 g/mol. The van der Waals surface area contributed by atoms with E-state index in [1.807, 2.05) is 29.6 Å². The Labute approximate surface area is 195 Å². The molecule has 0 radical (unpaired) electrons. The first kappa shape index (κ1) is 24.0. The molecule has 34 heavy (non-hydrogen) atoms. The second-order valence-electron chi connectivity index (χ2n) is 8.51. The third-order valence-corrected chi connectivity index (χ3v) is 7.53. The van der Waals surface area contributed by atoms with Crippen molar-refractivity contribution < 1.29 is 21.6 Å². The number of nitrogens with zero attached hydrogens (tertiary/aromatic N) is 5. The van der Waals surface area contributed by atoms with Crippen molar-refractivity contribution in [3.63, 3.8) is 0 Å². The van der Waals surface area contributed by atoms with Gasteiger partial charge >= 0.3 is 6.18 Å². The van der Waals surface area contributed by atoms with Gasteiger partial charge in [-0.25, -0.2) is 13.4 Å². The van der Waals surface area contributed by atoms with Gasteiger partial charge in [0.15, 0.2) is 0 Å². The SMILES string of the molecule is C[C@H](NS(=O)(=O)c1ccc(-c2c(C#N)c3cc(N(C)C)cnc3n2C2CCC2)nc1)C(F)(F)F. The molecule has 0 saturated heterocycles. The lowest BCUT2D eigenvalue weighted by Crippen LogP contribution is -2.42. The zero-order chi connectivity index (χ0) is 24.8. The molecule has 0 aromatic carbocycles. The molecule has 3 heterocycles. The van der Waals surface area contributed by atoms with E-state index in [2.05, 4.69) is 16.0 Å². The number of anilines is 1. The summed E-state index contributed by atoms with van der Waals surface area (Å²) in [5.41, 5.74) is 2.69. The third kappa shape index (κ3) is 4.21. The molecule has 1 fully saturated rings. The molecule has 1 saturated carbocycles. The minimum Gasteiger partial charge on any atom is -0.376 e. The van der Waals surface area contributed by atoms with Crippen molar-refractivity contribution in [3.8, 4) is 17.5 Å². The number of aromatic nitrogens is 3. The first-order valence-corrected chi connectivity index (χ1v) is 12.1. The Morgan fingerprint density at radius 3 is 2.44 bits per heavy atom. The van der Waals surface area contributed by atoms with Crippen molar-refractivity contribution in [2.45, 2.75) is 49.3 Å². The van der Waals surface area contributed by atoms with Crippen LogP contribution in [-0.2, 0) is 10.0 Å². The molecule has 0 spiro atoms. The lowest BCUT2D eigenvalue weighted by Gasteiger charge is -2.29. The summed E-state index contributed by atoms with van der Waals surface area (Å²) in [6.45, 7) is 0.727. The zero-order valence-electron chi connectivity index (χ0n) is 18.8. The van der Waals surface area contributed by atoms with Gasteiger partial charge in [0.1, 0.15) is 22.7 Å². The van der Waals surface area contributed by atoms with Crippen LogP contribution in [-0.4, -0.2) is 49.3 Å². The second kappa shape index (κ2) is 8.56. The summed E-state index contributed by atoms with van der Waals surface area (Å²) >= 11 is 0. The van der Waals surface area contributed by atoms with Crippen molar-refractivity contribution in [3.05, 3.63) is 36.2 Å². The van der Waals surface area contributed by atoms with Gasteiger partial charge in [0.25, 0.3) is 0 Å². The molecule has 4 rings (SSSR count). The van der Waals surface area contributed by atoms with Crippen LogP contribution < -0.4 is 9.62 Å². The van der Waals surface area contributed by atoms with E-state index < -0.39 is 27.1 Å². The van der Waals surface area contributed by atoms with E-state index in [1.165, 1.54) is 12.1 Å². The maximum atomic E-state index is 12.8. The molecule has 8 nitrogen and oxygen atoms in total. The molecule has 0 amide bonds. The summed E-state index contributed by atoms with van der Waals surface area (Å²) in [5, 5.41) is 10.7. The number of halogens is 3. The fraction of sp³-hybridized carbons (Fsp3) is 0.409. The fourth-order valence-corrected chi connectivity index (χ4v) is 5.01. The summed E-state index contributed by atoms with van der Waals surface area (Å²) in [4.78, 5) is 10.3. The van der Waals surface area contributed by atoms with Crippen LogP contribution in [0.3, 0.4) is 0 Å². The third-order valence-electron chi connectivity index (χ3n) is 6.01. The van der Waals surface area contributed by atoms with Crippen LogP contribution in [0.15, 0.2) is 35.5 Å². The zero-order valence-corrected chi connectivity index (χ0v) is 19.6. The smallest absolute Gasteiger partial charge is 0.376 e. The van der Waals surface area contributed by atoms with Gasteiger partial charge in [0, 0.05) is 31.7 Å². The fourth-order valence-electron chi connectivity index (χ4n) is 3.83. The highest BCUT2D eigenvalue weighted by atomic mass is 32.2. The second-order valence-corrected chi connectivity index (χ2v) is 10.2.